The van der Waals surface area contributed by atoms with Crippen molar-refractivity contribution in [2.75, 3.05) is 13.1 Å². The van der Waals surface area contributed by atoms with Gasteiger partial charge in [0.1, 0.15) is 11.6 Å². The Hall–Kier alpha value is -3.02. The van der Waals surface area contributed by atoms with E-state index in [1.807, 2.05) is 13.8 Å². The molecule has 0 aliphatic rings. The molecule has 0 bridgehead atoms. The van der Waals surface area contributed by atoms with Crippen LogP contribution in [0.25, 0.3) is 0 Å². The second-order valence-electron chi connectivity index (χ2n) is 8.24. The lowest BCUT2D eigenvalue weighted by molar-refractivity contribution is -0.124. The molecule has 0 saturated heterocycles. The van der Waals surface area contributed by atoms with Crippen LogP contribution in [0.5, 0.6) is 0 Å². The van der Waals surface area contributed by atoms with Gasteiger partial charge in [0.25, 0.3) is 20.2 Å². The van der Waals surface area contributed by atoms with Crippen molar-refractivity contribution in [2.24, 2.45) is 11.5 Å². The Kier molecular flexibility index (Phi) is 17.0. The summed E-state index contributed by atoms with van der Waals surface area (Å²) in [7, 11) is -8.04. The fourth-order valence-electron chi connectivity index (χ4n) is 2.60. The highest BCUT2D eigenvalue weighted by Gasteiger charge is 2.08. The zero-order chi connectivity index (χ0) is 30.9. The highest BCUT2D eigenvalue weighted by Crippen LogP contribution is 2.09. The van der Waals surface area contributed by atoms with Crippen molar-refractivity contribution in [1.29, 1.82) is 0 Å². The number of benzene rings is 2. The number of hydrogen-bond acceptors (Lipinski definition) is 8. The number of hydrogen-bond donors (Lipinski definition) is 6. The fraction of sp³-hybridized carbons (Fsp3) is 0.333. The molecular formula is C24H34N4O8S4. The summed E-state index contributed by atoms with van der Waals surface area (Å²) in [5.74, 6) is 0.0174. The minimum Gasteiger partial charge on any atom is -0.376 e. The first kappa shape index (κ1) is 37.0. The van der Waals surface area contributed by atoms with Crippen LogP contribution in [-0.2, 0) is 29.8 Å². The standard InChI is InChI=1S/C10H18N4O2S2.2C7H8O3S/c11-9(17)13-5-3-7(15)1-2-8(16)4-6-14-10(12)18;2*1-6-2-4-7(5-3-6)11(8,9)10/h1-6H2,(H3,11,13,17)(H3,12,14,18);2*2-5H,1H3,(H,8,9,10). The maximum absolute atomic E-state index is 11.4. The van der Waals surface area contributed by atoms with Crippen molar-refractivity contribution in [1.82, 2.24) is 10.6 Å². The van der Waals surface area contributed by atoms with Gasteiger partial charge in [0.15, 0.2) is 10.2 Å². The Morgan fingerprint density at radius 3 is 1.15 bits per heavy atom. The highest BCUT2D eigenvalue weighted by atomic mass is 32.2. The molecular weight excluding hydrogens is 601 g/mol. The second kappa shape index (κ2) is 18.4. The van der Waals surface area contributed by atoms with Crippen molar-refractivity contribution in [2.45, 2.75) is 49.3 Å². The fourth-order valence-corrected chi connectivity index (χ4v) is 3.76. The Balaban J connectivity index is 0.000000597. The van der Waals surface area contributed by atoms with E-state index in [0.717, 1.165) is 11.1 Å². The van der Waals surface area contributed by atoms with Gasteiger partial charge in [-0.3, -0.25) is 18.7 Å². The van der Waals surface area contributed by atoms with Gasteiger partial charge in [-0.05, 0) is 62.5 Å². The summed E-state index contributed by atoms with van der Waals surface area (Å²) >= 11 is 9.19. The Morgan fingerprint density at radius 2 is 0.925 bits per heavy atom. The normalized spacial score (nSPS) is 10.6. The second-order valence-corrected chi connectivity index (χ2v) is 12.0. The SMILES string of the molecule is Cc1ccc(S(=O)(=O)O)cc1.Cc1ccc(S(=O)(=O)O)cc1.NC(=S)NCCC(=O)CCC(=O)CCNC(N)=S. The zero-order valence-corrected chi connectivity index (χ0v) is 25.3. The first-order chi connectivity index (χ1) is 18.4. The molecule has 2 aromatic carbocycles. The lowest BCUT2D eigenvalue weighted by Gasteiger charge is -2.04. The third kappa shape index (κ3) is 19.1. The van der Waals surface area contributed by atoms with E-state index >= 15 is 0 Å². The van der Waals surface area contributed by atoms with Gasteiger partial charge >= 0.3 is 0 Å². The van der Waals surface area contributed by atoms with Crippen LogP contribution >= 0.6 is 24.4 Å². The predicted octanol–water partition coefficient (Wildman–Crippen LogP) is 1.83. The number of carbonyl (C=O) groups is 2. The molecule has 12 nitrogen and oxygen atoms in total. The molecule has 0 atom stereocenters. The molecule has 0 radical (unpaired) electrons. The lowest BCUT2D eigenvalue weighted by atomic mass is 10.1. The third-order valence-corrected chi connectivity index (χ3v) is 6.75. The van der Waals surface area contributed by atoms with Crippen LogP contribution in [0.4, 0.5) is 0 Å². The van der Waals surface area contributed by atoms with Crippen molar-refractivity contribution < 1.29 is 35.5 Å². The Bertz CT molecular complexity index is 1240. The van der Waals surface area contributed by atoms with E-state index in [1.165, 1.54) is 24.3 Å². The van der Waals surface area contributed by atoms with E-state index in [-0.39, 0.29) is 44.4 Å². The minimum atomic E-state index is -4.02. The topological polar surface area (TPSA) is 219 Å². The molecule has 40 heavy (non-hydrogen) atoms. The molecule has 0 unspecified atom stereocenters. The van der Waals surface area contributed by atoms with E-state index in [2.05, 4.69) is 35.1 Å². The number of rotatable bonds is 11. The van der Waals surface area contributed by atoms with Crippen molar-refractivity contribution in [3.05, 3.63) is 59.7 Å². The van der Waals surface area contributed by atoms with Crippen molar-refractivity contribution >= 4 is 66.5 Å². The maximum atomic E-state index is 11.4. The van der Waals surface area contributed by atoms with Gasteiger partial charge in [-0.25, -0.2) is 0 Å². The van der Waals surface area contributed by atoms with E-state index < -0.39 is 20.2 Å². The van der Waals surface area contributed by atoms with Gasteiger partial charge < -0.3 is 22.1 Å². The van der Waals surface area contributed by atoms with Crippen molar-refractivity contribution in [3.8, 4) is 0 Å². The summed E-state index contributed by atoms with van der Waals surface area (Å²) in [6.45, 7) is 4.50. The summed E-state index contributed by atoms with van der Waals surface area (Å²) in [4.78, 5) is 22.6. The average molecular weight is 635 g/mol. The summed E-state index contributed by atoms with van der Waals surface area (Å²) in [6, 6.07) is 12.0. The van der Waals surface area contributed by atoms with Gasteiger partial charge in [-0.15, -0.1) is 0 Å². The predicted molar refractivity (Wildman–Crippen MR) is 160 cm³/mol. The first-order valence-electron chi connectivity index (χ1n) is 11.6. The molecule has 0 aliphatic carbocycles. The zero-order valence-electron chi connectivity index (χ0n) is 22.0. The monoisotopic (exact) mass is 634 g/mol. The van der Waals surface area contributed by atoms with Crippen LogP contribution in [0.15, 0.2) is 58.3 Å². The quantitative estimate of drug-likeness (QED) is 0.153. The molecule has 2 rings (SSSR count). The molecule has 0 fully saturated rings. The Labute approximate surface area is 245 Å². The molecule has 0 aliphatic heterocycles. The van der Waals surface area contributed by atoms with Gasteiger partial charge in [0.05, 0.1) is 9.79 Å². The van der Waals surface area contributed by atoms with Crippen LogP contribution in [0.3, 0.4) is 0 Å². The molecule has 16 heteroatoms. The van der Waals surface area contributed by atoms with Gasteiger partial charge in [-0.2, -0.15) is 16.8 Å². The molecule has 0 spiro atoms. The molecule has 0 heterocycles. The molecule has 222 valence electrons. The van der Waals surface area contributed by atoms with Crippen LogP contribution in [0.1, 0.15) is 36.8 Å². The highest BCUT2D eigenvalue weighted by molar-refractivity contribution is 7.86. The van der Waals surface area contributed by atoms with Gasteiger partial charge in [-0.1, -0.05) is 35.4 Å². The van der Waals surface area contributed by atoms with E-state index in [9.17, 15) is 26.4 Å². The maximum Gasteiger partial charge on any atom is 0.294 e. The van der Waals surface area contributed by atoms with E-state index in [4.69, 9.17) is 20.6 Å². The van der Waals surface area contributed by atoms with Crippen LogP contribution in [0, 0.1) is 13.8 Å². The number of carbonyl (C=O) groups excluding carboxylic acids is 2. The summed E-state index contributed by atoms with van der Waals surface area (Å²) in [5, 5.41) is 5.69. The largest absolute Gasteiger partial charge is 0.376 e. The summed E-state index contributed by atoms with van der Waals surface area (Å²) in [5.41, 5.74) is 12.3. The molecule has 8 N–H and O–H groups in total. The van der Waals surface area contributed by atoms with Gasteiger partial charge in [0.2, 0.25) is 0 Å². The number of aryl methyl sites for hydroxylation is 2. The minimum absolute atomic E-state index is 0.00871. The van der Waals surface area contributed by atoms with E-state index in [1.54, 1.807) is 24.3 Å². The Morgan fingerprint density at radius 1 is 0.650 bits per heavy atom. The first-order valence-corrected chi connectivity index (χ1v) is 15.3. The third-order valence-electron chi connectivity index (χ3n) is 4.73. The van der Waals surface area contributed by atoms with Crippen LogP contribution < -0.4 is 22.1 Å². The molecule has 0 amide bonds. The van der Waals surface area contributed by atoms with Crippen LogP contribution in [0.2, 0.25) is 0 Å². The van der Waals surface area contributed by atoms with E-state index in [0.29, 0.717) is 25.9 Å². The number of ketones is 2. The number of Topliss-reactive ketones (excluding diaryl/α,β-unsaturated/α-hetero) is 2. The lowest BCUT2D eigenvalue weighted by Crippen LogP contribution is -2.31. The summed E-state index contributed by atoms with van der Waals surface area (Å²) in [6.07, 6.45) is 1.11. The average Bonchev–Trinajstić information content (AvgIpc) is 2.82. The molecule has 0 saturated carbocycles. The molecule has 2 aromatic rings. The molecule has 0 aromatic heterocycles. The number of nitrogens with one attached hydrogen (secondary N) is 2. The van der Waals surface area contributed by atoms with Crippen LogP contribution in [-0.4, -0.2) is 60.8 Å². The summed E-state index contributed by atoms with van der Waals surface area (Å²) < 4.78 is 59.1. The van der Waals surface area contributed by atoms with Gasteiger partial charge in [0, 0.05) is 38.8 Å². The smallest absolute Gasteiger partial charge is 0.294 e. The number of thiocarbonyl (C=S) groups is 2. The van der Waals surface area contributed by atoms with Crippen molar-refractivity contribution in [3.63, 3.8) is 0 Å². The number of nitrogens with two attached hydrogens (primary N) is 2.